The predicted octanol–water partition coefficient (Wildman–Crippen LogP) is 4.52. The highest BCUT2D eigenvalue weighted by Gasteiger charge is 2.40. The molecule has 12 nitrogen and oxygen atoms in total. The molecule has 0 radical (unpaired) electrons. The molecule has 3 N–H and O–H groups in total. The number of anilines is 2. The lowest BCUT2D eigenvalue weighted by molar-refractivity contribution is -0.139. The number of ketones is 1. The molecule has 4 aromatic rings. The van der Waals surface area contributed by atoms with Crippen molar-refractivity contribution < 1.29 is 27.5 Å². The number of aliphatic imine (C=N–C) groups is 1. The lowest BCUT2D eigenvalue weighted by Gasteiger charge is -2.11. The van der Waals surface area contributed by atoms with Crippen LogP contribution in [0.1, 0.15) is 6.92 Å². The summed E-state index contributed by atoms with van der Waals surface area (Å²) in [5, 5.41) is 9.49. The summed E-state index contributed by atoms with van der Waals surface area (Å²) in [6, 6.07) is 22.4. The van der Waals surface area contributed by atoms with E-state index in [4.69, 9.17) is 21.1 Å². The van der Waals surface area contributed by atoms with Gasteiger partial charge in [0.1, 0.15) is 10.8 Å². The average molecular weight is 623 g/mol. The third kappa shape index (κ3) is 6.99. The fourth-order valence-corrected chi connectivity index (χ4v) is 5.75. The number of aromatic nitrogens is 3. The van der Waals surface area contributed by atoms with Crippen LogP contribution in [0.5, 0.6) is 5.75 Å². The minimum Gasteiger partial charge on any atom is -0.457 e. The highest BCUT2D eigenvalue weighted by atomic mass is 32.2. The number of hydrogen-bond donors (Lipinski definition) is 3. The van der Waals surface area contributed by atoms with E-state index in [0.29, 0.717) is 22.8 Å². The van der Waals surface area contributed by atoms with Gasteiger partial charge in [-0.3, -0.25) is 29.0 Å². The Morgan fingerprint density at radius 2 is 1.90 bits per heavy atom. The maximum absolute atomic E-state index is 12.7. The summed E-state index contributed by atoms with van der Waals surface area (Å²) in [4.78, 5) is 41.6. The summed E-state index contributed by atoms with van der Waals surface area (Å²) < 4.78 is 27.8. The molecule has 2 heterocycles. The Labute approximate surface area is 251 Å². The second-order valence-corrected chi connectivity index (χ2v) is 11.0. The molecule has 0 saturated carbocycles. The number of Topliss-reactive ketones (excluding diaryl/α,β-unsaturated/α-hetero) is 1. The number of esters is 1. The Kier molecular flexibility index (Phi) is 8.90. The summed E-state index contributed by atoms with van der Waals surface area (Å²) in [6.45, 7) is 1.07. The largest absolute Gasteiger partial charge is 0.457 e. The van der Waals surface area contributed by atoms with Crippen molar-refractivity contribution in [3.8, 4) is 11.4 Å². The highest BCUT2D eigenvalue weighted by molar-refractivity contribution is 8.14. The number of rotatable bonds is 9. The topological polar surface area (TPSA) is 157 Å². The zero-order valence-corrected chi connectivity index (χ0v) is 24.3. The van der Waals surface area contributed by atoms with E-state index < -0.39 is 23.2 Å². The average Bonchev–Trinajstić information content (AvgIpc) is 3.49. The van der Waals surface area contributed by atoms with Crippen molar-refractivity contribution in [2.24, 2.45) is 10.9 Å². The SMILES string of the molecule is CC(=O)Nc1n[nH]c(=S)n1-c1ccc(OS(=O)Nc2cccc(N=C(Sc3ccccc3)C3C(=O)COC3=O)c2)cc1. The number of ether oxygens (including phenoxy) is 1. The summed E-state index contributed by atoms with van der Waals surface area (Å²) in [5.41, 5.74) is 1.46. The monoisotopic (exact) mass is 622 g/mol. The minimum absolute atomic E-state index is 0.230. The van der Waals surface area contributed by atoms with Crippen LogP contribution in [0.25, 0.3) is 5.69 Å². The molecule has 3 aromatic carbocycles. The van der Waals surface area contributed by atoms with Crippen LogP contribution >= 0.6 is 24.0 Å². The van der Waals surface area contributed by atoms with E-state index in [1.165, 1.54) is 23.3 Å². The van der Waals surface area contributed by atoms with Crippen molar-refractivity contribution in [3.05, 3.63) is 83.6 Å². The number of aromatic amines is 1. The smallest absolute Gasteiger partial charge is 0.323 e. The highest BCUT2D eigenvalue weighted by Crippen LogP contribution is 2.31. The first-order chi connectivity index (χ1) is 20.3. The van der Waals surface area contributed by atoms with Gasteiger partial charge in [0.15, 0.2) is 18.3 Å². The fourth-order valence-electron chi connectivity index (χ4n) is 3.83. The third-order valence-corrected chi connectivity index (χ3v) is 7.70. The molecule has 42 heavy (non-hydrogen) atoms. The van der Waals surface area contributed by atoms with Crippen molar-refractivity contribution in [1.82, 2.24) is 14.8 Å². The first-order valence-corrected chi connectivity index (χ1v) is 14.6. The Hall–Kier alpha value is -4.60. The molecule has 5 rings (SSSR count). The maximum atomic E-state index is 12.7. The van der Waals surface area contributed by atoms with Gasteiger partial charge in [0, 0.05) is 11.8 Å². The van der Waals surface area contributed by atoms with Gasteiger partial charge >= 0.3 is 17.2 Å². The van der Waals surface area contributed by atoms with E-state index in [9.17, 15) is 18.6 Å². The molecule has 0 aliphatic carbocycles. The Morgan fingerprint density at radius 3 is 2.60 bits per heavy atom. The molecule has 1 aromatic heterocycles. The Bertz CT molecular complexity index is 1740. The number of benzene rings is 3. The Morgan fingerprint density at radius 1 is 1.14 bits per heavy atom. The molecule has 214 valence electrons. The molecule has 0 spiro atoms. The van der Waals surface area contributed by atoms with Gasteiger partial charge in [0.05, 0.1) is 17.1 Å². The normalized spacial score (nSPS) is 15.6. The van der Waals surface area contributed by atoms with Crippen LogP contribution < -0.4 is 14.2 Å². The molecule has 15 heteroatoms. The van der Waals surface area contributed by atoms with Gasteiger partial charge < -0.3 is 8.92 Å². The van der Waals surface area contributed by atoms with Gasteiger partial charge in [0.2, 0.25) is 16.6 Å². The maximum Gasteiger partial charge on any atom is 0.323 e. The van der Waals surface area contributed by atoms with Crippen LogP contribution in [-0.4, -0.2) is 48.3 Å². The number of nitrogens with zero attached hydrogens (tertiary/aromatic N) is 3. The summed E-state index contributed by atoms with van der Waals surface area (Å²) in [5.74, 6) is -1.89. The molecule has 1 amide bonds. The number of cyclic esters (lactones) is 1. The van der Waals surface area contributed by atoms with Crippen LogP contribution in [0, 0.1) is 10.7 Å². The van der Waals surface area contributed by atoms with E-state index in [1.54, 1.807) is 48.5 Å². The van der Waals surface area contributed by atoms with Gasteiger partial charge in [-0.15, -0.1) is 5.10 Å². The second-order valence-electron chi connectivity index (χ2n) is 8.71. The van der Waals surface area contributed by atoms with Crippen molar-refractivity contribution in [3.63, 3.8) is 0 Å². The van der Waals surface area contributed by atoms with Gasteiger partial charge in [-0.2, -0.15) is 4.21 Å². The van der Waals surface area contributed by atoms with Gasteiger partial charge in [-0.05, 0) is 66.8 Å². The molecule has 1 fully saturated rings. The van der Waals surface area contributed by atoms with E-state index in [-0.39, 0.29) is 34.1 Å². The molecule has 2 atom stereocenters. The van der Waals surface area contributed by atoms with Crippen LogP contribution in [0.4, 0.5) is 17.3 Å². The van der Waals surface area contributed by atoms with E-state index in [0.717, 1.165) is 4.90 Å². The quantitative estimate of drug-likeness (QED) is 0.0610. The van der Waals surface area contributed by atoms with Crippen LogP contribution in [0.2, 0.25) is 0 Å². The van der Waals surface area contributed by atoms with Crippen molar-refractivity contribution in [2.45, 2.75) is 11.8 Å². The number of amides is 1. The van der Waals surface area contributed by atoms with Gasteiger partial charge in [0.25, 0.3) is 0 Å². The zero-order chi connectivity index (χ0) is 29.6. The molecule has 1 aliphatic rings. The molecule has 2 unspecified atom stereocenters. The van der Waals surface area contributed by atoms with Crippen LogP contribution in [0.3, 0.4) is 0 Å². The Balaban J connectivity index is 1.30. The van der Waals surface area contributed by atoms with E-state index >= 15 is 0 Å². The molecule has 1 saturated heterocycles. The molecular formula is C27H22N6O6S3. The third-order valence-electron chi connectivity index (χ3n) is 5.64. The van der Waals surface area contributed by atoms with Crippen LogP contribution in [-0.2, 0) is 30.4 Å². The predicted molar refractivity (Wildman–Crippen MR) is 161 cm³/mol. The molecular weight excluding hydrogens is 601 g/mol. The lowest BCUT2D eigenvalue weighted by atomic mass is 10.1. The number of H-pyrrole nitrogens is 1. The van der Waals surface area contributed by atoms with E-state index in [1.807, 2.05) is 30.3 Å². The van der Waals surface area contributed by atoms with Gasteiger partial charge in [-0.25, -0.2) is 10.1 Å². The first kappa shape index (κ1) is 28.9. The van der Waals surface area contributed by atoms with E-state index in [2.05, 4.69) is 25.2 Å². The van der Waals surface area contributed by atoms with Crippen molar-refractivity contribution in [1.29, 1.82) is 0 Å². The van der Waals surface area contributed by atoms with Crippen molar-refractivity contribution >= 4 is 75.3 Å². The van der Waals surface area contributed by atoms with Crippen molar-refractivity contribution in [2.75, 3.05) is 16.6 Å². The summed E-state index contributed by atoms with van der Waals surface area (Å²) >= 11 is 4.47. The summed E-state index contributed by atoms with van der Waals surface area (Å²) in [6.07, 6.45) is 0. The number of hydrogen-bond acceptors (Lipinski definition) is 10. The molecule has 0 bridgehead atoms. The number of carbonyl (C=O) groups excluding carboxylic acids is 3. The lowest BCUT2D eigenvalue weighted by Crippen LogP contribution is -2.23. The minimum atomic E-state index is -1.98. The second kappa shape index (κ2) is 12.9. The fraction of sp³-hybridized carbons (Fsp3) is 0.111. The first-order valence-electron chi connectivity index (χ1n) is 12.3. The zero-order valence-electron chi connectivity index (χ0n) is 21.8. The number of carbonyl (C=O) groups is 3. The number of thioether (sulfide) groups is 1. The summed E-state index contributed by atoms with van der Waals surface area (Å²) in [7, 11) is 0. The molecule has 1 aliphatic heterocycles. The number of nitrogens with one attached hydrogen (secondary N) is 3. The van der Waals surface area contributed by atoms with Gasteiger partial charge in [-0.1, -0.05) is 36.0 Å². The van der Waals surface area contributed by atoms with Crippen LogP contribution in [0.15, 0.2) is 88.8 Å². The standard InChI is InChI=1S/C27H22N6O6S3/c1-16(34)28-26-30-31-27(40)33(26)19-10-12-20(13-11-19)39-42(37)32-18-7-5-6-17(14-18)29-24(23-22(35)15-38-25(23)36)41-21-8-3-2-4-9-21/h2-14,23,32H,15H2,1H3,(H,31,40)(H,28,30,34).